The van der Waals surface area contributed by atoms with Gasteiger partial charge in [-0.05, 0) is 13.0 Å². The van der Waals surface area contributed by atoms with Crippen molar-refractivity contribution in [2.24, 2.45) is 0 Å². The average molecular weight is 200 g/mol. The van der Waals surface area contributed by atoms with Crippen molar-refractivity contribution in [3.8, 4) is 17.6 Å². The van der Waals surface area contributed by atoms with Crippen LogP contribution in [-0.4, -0.2) is 25.1 Å². The number of rotatable bonds is 2. The molecule has 2 rings (SSSR count). The zero-order valence-electron chi connectivity index (χ0n) is 8.10. The minimum absolute atomic E-state index is 0.219. The zero-order valence-corrected chi connectivity index (χ0v) is 8.10. The lowest BCUT2D eigenvalue weighted by Gasteiger charge is -1.94. The number of aromatic amines is 1. The summed E-state index contributed by atoms with van der Waals surface area (Å²) in [4.78, 5) is 12.3. The summed E-state index contributed by atoms with van der Waals surface area (Å²) in [5, 5.41) is 15.1. The number of hydrogen-bond acceptors (Lipinski definition) is 5. The minimum Gasteiger partial charge on any atom is -0.262 e. The molecule has 1 N–H and O–H groups in total. The summed E-state index contributed by atoms with van der Waals surface area (Å²) in [6, 6.07) is 3.72. The number of aryl methyl sites for hydroxylation is 1. The molecular formula is C9H8N6. The van der Waals surface area contributed by atoms with Gasteiger partial charge in [-0.15, -0.1) is 0 Å². The molecule has 0 saturated heterocycles. The molecule has 0 aliphatic heterocycles. The zero-order chi connectivity index (χ0) is 10.7. The Labute approximate surface area is 86.0 Å². The molecule has 0 aliphatic rings. The molecule has 0 fully saturated rings. The predicted molar refractivity (Wildman–Crippen MR) is 51.5 cm³/mol. The van der Waals surface area contributed by atoms with Gasteiger partial charge in [-0.2, -0.15) is 10.4 Å². The van der Waals surface area contributed by atoms with Crippen LogP contribution in [0.5, 0.6) is 0 Å². The third kappa shape index (κ3) is 1.96. The van der Waals surface area contributed by atoms with Crippen LogP contribution in [0, 0.1) is 18.3 Å². The second-order valence-electron chi connectivity index (χ2n) is 2.93. The van der Waals surface area contributed by atoms with Gasteiger partial charge in [0, 0.05) is 6.20 Å². The summed E-state index contributed by atoms with van der Waals surface area (Å²) >= 11 is 0. The Morgan fingerprint density at radius 2 is 2.33 bits per heavy atom. The molecule has 74 valence electrons. The first kappa shape index (κ1) is 9.27. The molecule has 2 heterocycles. The van der Waals surface area contributed by atoms with Crippen LogP contribution < -0.4 is 0 Å². The highest BCUT2D eigenvalue weighted by Gasteiger charge is 2.06. The lowest BCUT2D eigenvalue weighted by molar-refractivity contribution is 0.993. The molecule has 0 amide bonds. The highest BCUT2D eigenvalue weighted by Crippen LogP contribution is 2.10. The van der Waals surface area contributed by atoms with Crippen molar-refractivity contribution in [3.63, 3.8) is 0 Å². The summed E-state index contributed by atoms with van der Waals surface area (Å²) < 4.78 is 0. The number of nitrogens with one attached hydrogen (secondary N) is 1. The van der Waals surface area contributed by atoms with Crippen LogP contribution >= 0.6 is 0 Å². The van der Waals surface area contributed by atoms with Crippen molar-refractivity contribution in [2.45, 2.75) is 13.3 Å². The number of nitriles is 1. The Hall–Kier alpha value is -2.29. The molecule has 0 radical (unpaired) electrons. The lowest BCUT2D eigenvalue weighted by atomic mass is 10.4. The van der Waals surface area contributed by atoms with Crippen molar-refractivity contribution in [1.29, 1.82) is 5.26 Å². The van der Waals surface area contributed by atoms with Crippen LogP contribution in [0.15, 0.2) is 12.3 Å². The Kier molecular flexibility index (Phi) is 2.37. The summed E-state index contributed by atoms with van der Waals surface area (Å²) in [5.41, 5.74) is 0.655. The molecule has 0 unspecified atom stereocenters. The standard InChI is InChI=1S/C9H8N6/c1-6-11-5-3-7(12-6)9-13-8(2-4-10)14-15-9/h3,5H,2H2,1H3,(H,13,14,15). The fourth-order valence-electron chi connectivity index (χ4n) is 1.14. The molecule has 0 aliphatic carbocycles. The molecule has 6 nitrogen and oxygen atoms in total. The van der Waals surface area contributed by atoms with Gasteiger partial charge >= 0.3 is 0 Å². The number of nitrogens with zero attached hydrogens (tertiary/aromatic N) is 5. The molecule has 6 heteroatoms. The Bertz CT molecular complexity index is 509. The van der Waals surface area contributed by atoms with E-state index in [9.17, 15) is 0 Å². The molecule has 2 aromatic rings. The van der Waals surface area contributed by atoms with E-state index in [4.69, 9.17) is 5.26 Å². The van der Waals surface area contributed by atoms with E-state index in [1.165, 1.54) is 0 Å². The monoisotopic (exact) mass is 200 g/mol. The summed E-state index contributed by atoms with van der Waals surface area (Å²) in [5.74, 6) is 1.70. The van der Waals surface area contributed by atoms with Crippen molar-refractivity contribution < 1.29 is 0 Å². The van der Waals surface area contributed by atoms with Gasteiger partial charge in [0.1, 0.15) is 17.3 Å². The number of H-pyrrole nitrogens is 1. The molecule has 15 heavy (non-hydrogen) atoms. The molecule has 0 bridgehead atoms. The van der Waals surface area contributed by atoms with Gasteiger partial charge in [-0.3, -0.25) is 5.10 Å². The average Bonchev–Trinajstić information content (AvgIpc) is 2.67. The van der Waals surface area contributed by atoms with Gasteiger partial charge in [0.05, 0.1) is 12.5 Å². The van der Waals surface area contributed by atoms with Crippen LogP contribution in [0.2, 0.25) is 0 Å². The molecular weight excluding hydrogens is 192 g/mol. The summed E-state index contributed by atoms with van der Waals surface area (Å²) in [6.45, 7) is 1.80. The maximum Gasteiger partial charge on any atom is 0.199 e. The van der Waals surface area contributed by atoms with Crippen LogP contribution in [0.3, 0.4) is 0 Å². The highest BCUT2D eigenvalue weighted by molar-refractivity contribution is 5.47. The fraction of sp³-hybridized carbons (Fsp3) is 0.222. The minimum atomic E-state index is 0.219. The van der Waals surface area contributed by atoms with Crippen molar-refractivity contribution in [1.82, 2.24) is 25.1 Å². The van der Waals surface area contributed by atoms with Crippen LogP contribution in [-0.2, 0) is 6.42 Å². The molecule has 0 atom stereocenters. The molecule has 0 aromatic carbocycles. The van der Waals surface area contributed by atoms with Gasteiger partial charge in [0.25, 0.3) is 0 Å². The second kappa shape index (κ2) is 3.84. The van der Waals surface area contributed by atoms with E-state index >= 15 is 0 Å². The van der Waals surface area contributed by atoms with E-state index < -0.39 is 0 Å². The maximum absolute atomic E-state index is 8.48. The fourth-order valence-corrected chi connectivity index (χ4v) is 1.14. The second-order valence-corrected chi connectivity index (χ2v) is 2.93. The molecule has 0 spiro atoms. The topological polar surface area (TPSA) is 91.1 Å². The van der Waals surface area contributed by atoms with Gasteiger partial charge in [-0.25, -0.2) is 15.0 Å². The van der Waals surface area contributed by atoms with Gasteiger partial charge in [-0.1, -0.05) is 0 Å². The Morgan fingerprint density at radius 1 is 1.47 bits per heavy atom. The van der Waals surface area contributed by atoms with Gasteiger partial charge in [0.15, 0.2) is 5.82 Å². The van der Waals surface area contributed by atoms with Crippen LogP contribution in [0.4, 0.5) is 0 Å². The van der Waals surface area contributed by atoms with Crippen LogP contribution in [0.1, 0.15) is 11.6 Å². The van der Waals surface area contributed by atoms with Gasteiger partial charge < -0.3 is 0 Å². The van der Waals surface area contributed by atoms with E-state index in [0.717, 1.165) is 0 Å². The Morgan fingerprint density at radius 3 is 3.07 bits per heavy atom. The van der Waals surface area contributed by atoms with E-state index in [-0.39, 0.29) is 6.42 Å². The van der Waals surface area contributed by atoms with Crippen LogP contribution in [0.25, 0.3) is 11.5 Å². The first-order chi connectivity index (χ1) is 7.29. The number of aromatic nitrogens is 5. The summed E-state index contributed by atoms with van der Waals surface area (Å²) in [6.07, 6.45) is 1.87. The third-order valence-electron chi connectivity index (χ3n) is 1.78. The predicted octanol–water partition coefficient (Wildman–Crippen LogP) is 0.636. The van der Waals surface area contributed by atoms with E-state index in [0.29, 0.717) is 23.2 Å². The third-order valence-corrected chi connectivity index (χ3v) is 1.78. The first-order valence-corrected chi connectivity index (χ1v) is 4.38. The van der Waals surface area contributed by atoms with E-state index in [1.807, 2.05) is 6.07 Å². The first-order valence-electron chi connectivity index (χ1n) is 4.38. The van der Waals surface area contributed by atoms with Crippen molar-refractivity contribution >= 4 is 0 Å². The van der Waals surface area contributed by atoms with Gasteiger partial charge in [0.2, 0.25) is 0 Å². The van der Waals surface area contributed by atoms with Crippen molar-refractivity contribution in [2.75, 3.05) is 0 Å². The summed E-state index contributed by atoms with van der Waals surface area (Å²) in [7, 11) is 0. The van der Waals surface area contributed by atoms with E-state index in [2.05, 4.69) is 25.1 Å². The number of hydrogen-bond donors (Lipinski definition) is 1. The quantitative estimate of drug-likeness (QED) is 0.767. The smallest absolute Gasteiger partial charge is 0.199 e. The normalized spacial score (nSPS) is 9.87. The highest BCUT2D eigenvalue weighted by atomic mass is 15.2. The van der Waals surface area contributed by atoms with E-state index in [1.54, 1.807) is 19.2 Å². The SMILES string of the molecule is Cc1nccc(-c2n[nH]c(CC#N)n2)n1. The van der Waals surface area contributed by atoms with Crippen molar-refractivity contribution in [3.05, 3.63) is 23.9 Å². The maximum atomic E-state index is 8.48. The lowest BCUT2D eigenvalue weighted by Crippen LogP contribution is -1.91. The molecule has 2 aromatic heterocycles. The largest absolute Gasteiger partial charge is 0.262 e. The Balaban J connectivity index is 2.34. The molecule has 0 saturated carbocycles.